The van der Waals surface area contributed by atoms with Crippen LogP contribution in [0.4, 0.5) is 0 Å². The van der Waals surface area contributed by atoms with Gasteiger partial charge in [-0.1, -0.05) is 0 Å². The van der Waals surface area contributed by atoms with E-state index in [1.807, 2.05) is 6.07 Å². The number of nitrogens with two attached hydrogens (primary N) is 1. The molecule has 0 fully saturated rings. The zero-order valence-electron chi connectivity index (χ0n) is 8.05. The lowest BCUT2D eigenvalue weighted by Crippen LogP contribution is -2.30. The Morgan fingerprint density at radius 1 is 1.67 bits per heavy atom. The molecule has 0 saturated carbocycles. The number of carboxylic acid groups (broad SMARTS) is 1. The van der Waals surface area contributed by atoms with E-state index in [1.165, 1.54) is 6.20 Å². The number of hydrogen-bond donors (Lipinski definition) is 2. The molecule has 5 heteroatoms. The maximum Gasteiger partial charge on any atom is 0.320 e. The van der Waals surface area contributed by atoms with Gasteiger partial charge in [0.25, 0.3) is 0 Å². The van der Waals surface area contributed by atoms with E-state index < -0.39 is 12.0 Å². The van der Waals surface area contributed by atoms with Crippen molar-refractivity contribution in [3.8, 4) is 6.07 Å². The van der Waals surface area contributed by atoms with Crippen molar-refractivity contribution in [3.63, 3.8) is 0 Å². The third-order valence-corrected chi connectivity index (χ3v) is 1.98. The average molecular weight is 205 g/mol. The molecule has 0 spiro atoms. The minimum Gasteiger partial charge on any atom is -0.480 e. The molecule has 0 saturated heterocycles. The molecule has 0 aliphatic heterocycles. The molecular weight excluding hydrogens is 194 g/mol. The summed E-state index contributed by atoms with van der Waals surface area (Å²) in [5, 5.41) is 17.1. The molecular formula is C10H11N3O2. The molecule has 0 radical (unpaired) electrons. The number of carbonyl (C=O) groups is 1. The number of hydrogen-bond acceptors (Lipinski definition) is 4. The van der Waals surface area contributed by atoms with E-state index in [9.17, 15) is 4.79 Å². The maximum absolute atomic E-state index is 10.4. The summed E-state index contributed by atoms with van der Waals surface area (Å²) in [5.41, 5.74) is 6.57. The molecule has 0 aliphatic carbocycles. The van der Waals surface area contributed by atoms with Gasteiger partial charge >= 0.3 is 5.97 Å². The van der Waals surface area contributed by atoms with E-state index in [4.69, 9.17) is 16.1 Å². The molecule has 0 bridgehead atoms. The summed E-state index contributed by atoms with van der Waals surface area (Å²) in [6.07, 6.45) is 2.30. The van der Waals surface area contributed by atoms with Gasteiger partial charge in [-0.2, -0.15) is 5.26 Å². The van der Waals surface area contributed by atoms with Crippen molar-refractivity contribution in [2.24, 2.45) is 5.73 Å². The predicted octanol–water partition coefficient (Wildman–Crippen LogP) is 0.298. The Hall–Kier alpha value is -1.93. The second-order valence-electron chi connectivity index (χ2n) is 3.13. The molecule has 0 aliphatic rings. The topological polar surface area (TPSA) is 100 Å². The Labute approximate surface area is 87.2 Å². The van der Waals surface area contributed by atoms with Gasteiger partial charge in [0.05, 0.1) is 5.56 Å². The van der Waals surface area contributed by atoms with Crippen molar-refractivity contribution >= 4 is 5.97 Å². The van der Waals surface area contributed by atoms with Crippen LogP contribution in [0.2, 0.25) is 0 Å². The van der Waals surface area contributed by atoms with Gasteiger partial charge in [-0.25, -0.2) is 0 Å². The third-order valence-electron chi connectivity index (χ3n) is 1.98. The molecule has 15 heavy (non-hydrogen) atoms. The van der Waals surface area contributed by atoms with Gasteiger partial charge in [0, 0.05) is 11.9 Å². The highest BCUT2D eigenvalue weighted by atomic mass is 16.4. The predicted molar refractivity (Wildman–Crippen MR) is 52.9 cm³/mol. The number of nitrogens with zero attached hydrogens (tertiary/aromatic N) is 2. The molecule has 1 rings (SSSR count). The summed E-state index contributed by atoms with van der Waals surface area (Å²) in [4.78, 5) is 14.4. The first-order valence-corrected chi connectivity index (χ1v) is 4.47. The zero-order valence-corrected chi connectivity index (χ0v) is 8.05. The zero-order chi connectivity index (χ0) is 11.3. The molecule has 0 amide bonds. The van der Waals surface area contributed by atoms with Crippen LogP contribution in [0.25, 0.3) is 0 Å². The summed E-state index contributed by atoms with van der Waals surface area (Å²) < 4.78 is 0. The van der Waals surface area contributed by atoms with Crippen LogP contribution in [-0.2, 0) is 11.2 Å². The monoisotopic (exact) mass is 205 g/mol. The van der Waals surface area contributed by atoms with E-state index in [2.05, 4.69) is 4.98 Å². The lowest BCUT2D eigenvalue weighted by molar-refractivity contribution is -0.138. The van der Waals surface area contributed by atoms with Crippen LogP contribution in [0.15, 0.2) is 18.3 Å². The van der Waals surface area contributed by atoms with E-state index in [-0.39, 0.29) is 0 Å². The molecule has 3 N–H and O–H groups in total. The van der Waals surface area contributed by atoms with Crippen LogP contribution >= 0.6 is 0 Å². The molecule has 5 nitrogen and oxygen atoms in total. The summed E-state index contributed by atoms with van der Waals surface area (Å²) in [7, 11) is 0. The number of nitriles is 1. The fraction of sp³-hybridized carbons (Fsp3) is 0.300. The van der Waals surface area contributed by atoms with E-state index in [0.29, 0.717) is 18.4 Å². The highest BCUT2D eigenvalue weighted by Gasteiger charge is 2.11. The van der Waals surface area contributed by atoms with Gasteiger partial charge in [-0.05, 0) is 25.0 Å². The number of carboxylic acids is 1. The van der Waals surface area contributed by atoms with Gasteiger partial charge < -0.3 is 10.8 Å². The average Bonchev–Trinajstić information content (AvgIpc) is 2.26. The van der Waals surface area contributed by atoms with Gasteiger partial charge in [-0.3, -0.25) is 9.78 Å². The minimum atomic E-state index is -1.01. The van der Waals surface area contributed by atoms with Gasteiger partial charge in [0.15, 0.2) is 0 Å². The molecule has 1 atom stereocenters. The second kappa shape index (κ2) is 5.08. The quantitative estimate of drug-likeness (QED) is 0.736. The van der Waals surface area contributed by atoms with Crippen molar-refractivity contribution in [1.82, 2.24) is 4.98 Å². The Morgan fingerprint density at radius 2 is 2.40 bits per heavy atom. The van der Waals surface area contributed by atoms with Crippen LogP contribution in [0, 0.1) is 11.3 Å². The standard InChI is InChI=1S/C10H11N3O2/c11-5-7-1-2-8(13-6-7)3-4-9(12)10(14)15/h1-2,6,9H,3-4,12H2,(H,14,15)/t9-/m0/s1. The Bertz CT molecular complexity index is 381. The highest BCUT2D eigenvalue weighted by molar-refractivity contribution is 5.72. The van der Waals surface area contributed by atoms with Crippen LogP contribution in [0.1, 0.15) is 17.7 Å². The fourth-order valence-electron chi connectivity index (χ4n) is 1.07. The van der Waals surface area contributed by atoms with Gasteiger partial charge in [0.2, 0.25) is 0 Å². The van der Waals surface area contributed by atoms with Crippen molar-refractivity contribution in [2.75, 3.05) is 0 Å². The normalized spacial score (nSPS) is 11.7. The van der Waals surface area contributed by atoms with E-state index in [1.54, 1.807) is 12.1 Å². The lowest BCUT2D eigenvalue weighted by atomic mass is 10.1. The Kier molecular flexibility index (Phi) is 3.77. The summed E-state index contributed by atoms with van der Waals surface area (Å²) >= 11 is 0. The van der Waals surface area contributed by atoms with Crippen LogP contribution in [0.3, 0.4) is 0 Å². The number of aromatic nitrogens is 1. The molecule has 1 heterocycles. The van der Waals surface area contributed by atoms with Crippen LogP contribution < -0.4 is 5.73 Å². The van der Waals surface area contributed by atoms with Crippen molar-refractivity contribution < 1.29 is 9.90 Å². The van der Waals surface area contributed by atoms with E-state index in [0.717, 1.165) is 5.69 Å². The third kappa shape index (κ3) is 3.37. The smallest absolute Gasteiger partial charge is 0.320 e. The number of aryl methyl sites for hydroxylation is 1. The number of rotatable bonds is 4. The highest BCUT2D eigenvalue weighted by Crippen LogP contribution is 2.03. The molecule has 1 aromatic heterocycles. The molecule has 0 aromatic carbocycles. The van der Waals surface area contributed by atoms with Crippen molar-refractivity contribution in [1.29, 1.82) is 5.26 Å². The summed E-state index contributed by atoms with van der Waals surface area (Å²) in [6.45, 7) is 0. The van der Waals surface area contributed by atoms with Crippen molar-refractivity contribution in [2.45, 2.75) is 18.9 Å². The fourth-order valence-corrected chi connectivity index (χ4v) is 1.07. The second-order valence-corrected chi connectivity index (χ2v) is 3.13. The summed E-state index contributed by atoms with van der Waals surface area (Å²) in [6, 6.07) is 4.45. The van der Waals surface area contributed by atoms with Gasteiger partial charge in [0.1, 0.15) is 12.1 Å². The summed E-state index contributed by atoms with van der Waals surface area (Å²) in [5.74, 6) is -1.01. The van der Waals surface area contributed by atoms with Crippen LogP contribution in [0.5, 0.6) is 0 Å². The van der Waals surface area contributed by atoms with Crippen LogP contribution in [-0.4, -0.2) is 22.1 Å². The molecule has 0 unspecified atom stereocenters. The number of pyridine rings is 1. The number of aliphatic carboxylic acids is 1. The minimum absolute atomic E-state index is 0.342. The SMILES string of the molecule is N#Cc1ccc(CC[C@H](N)C(=O)O)nc1. The van der Waals surface area contributed by atoms with Crippen molar-refractivity contribution in [3.05, 3.63) is 29.6 Å². The van der Waals surface area contributed by atoms with E-state index >= 15 is 0 Å². The Balaban J connectivity index is 2.52. The first kappa shape index (κ1) is 11.1. The maximum atomic E-state index is 10.4. The Morgan fingerprint density at radius 3 is 2.87 bits per heavy atom. The lowest BCUT2D eigenvalue weighted by Gasteiger charge is -2.05. The van der Waals surface area contributed by atoms with Gasteiger partial charge in [-0.15, -0.1) is 0 Å². The largest absolute Gasteiger partial charge is 0.480 e. The molecule has 1 aromatic rings. The first-order chi connectivity index (χ1) is 7.13. The first-order valence-electron chi connectivity index (χ1n) is 4.47. The molecule has 78 valence electrons.